The van der Waals surface area contributed by atoms with Crippen molar-refractivity contribution in [2.24, 2.45) is 0 Å². The number of aromatic hydroxyl groups is 1. The zero-order chi connectivity index (χ0) is 18.2. The highest BCUT2D eigenvalue weighted by molar-refractivity contribution is 5.75. The molecular weight excluding hydrogens is 335 g/mol. The molecule has 1 aromatic heterocycles. The Balaban J connectivity index is 2.14. The van der Waals surface area contributed by atoms with E-state index in [1.807, 2.05) is 6.92 Å². The van der Waals surface area contributed by atoms with Crippen LogP contribution in [0, 0.1) is 0 Å². The lowest BCUT2D eigenvalue weighted by atomic mass is 10.1. The largest absolute Gasteiger partial charge is 0.503 e. The number of phenolic OH excluding ortho intramolecular Hbond substituents is 1. The molecule has 132 valence electrons. The lowest BCUT2D eigenvalue weighted by Crippen LogP contribution is -2.04. The summed E-state index contributed by atoms with van der Waals surface area (Å²) in [5, 5.41) is 18.6. The Kier molecular flexibility index (Phi) is 4.28. The molecule has 0 amide bonds. The van der Waals surface area contributed by atoms with Crippen LogP contribution in [0.25, 0.3) is 16.7 Å². The summed E-state index contributed by atoms with van der Waals surface area (Å²) in [7, 11) is 1.43. The van der Waals surface area contributed by atoms with Gasteiger partial charge in [0.1, 0.15) is 16.7 Å². The van der Waals surface area contributed by atoms with Gasteiger partial charge in [-0.15, -0.1) is 15.0 Å². The van der Waals surface area contributed by atoms with Crippen molar-refractivity contribution in [3.05, 3.63) is 41.5 Å². The number of aromatic nitrogens is 3. The Labute approximate surface area is 141 Å². The lowest BCUT2D eigenvalue weighted by molar-refractivity contribution is -0.137. The third-order valence-corrected chi connectivity index (χ3v) is 3.80. The summed E-state index contributed by atoms with van der Waals surface area (Å²) in [6.45, 7) is 2.01. The third-order valence-electron chi connectivity index (χ3n) is 3.80. The van der Waals surface area contributed by atoms with Crippen molar-refractivity contribution in [2.45, 2.75) is 25.9 Å². The number of benzene rings is 2. The van der Waals surface area contributed by atoms with Gasteiger partial charge in [0.2, 0.25) is 0 Å². The highest BCUT2D eigenvalue weighted by atomic mass is 19.4. The molecule has 1 N–H and O–H groups in total. The maximum Gasteiger partial charge on any atom is 0.416 e. The smallest absolute Gasteiger partial charge is 0.416 e. The number of methoxy groups -OCH3 is 1. The van der Waals surface area contributed by atoms with E-state index >= 15 is 0 Å². The van der Waals surface area contributed by atoms with Gasteiger partial charge < -0.3 is 9.84 Å². The van der Waals surface area contributed by atoms with Gasteiger partial charge in [0, 0.05) is 0 Å². The van der Waals surface area contributed by atoms with Crippen molar-refractivity contribution in [3.8, 4) is 17.2 Å². The number of ether oxygens (including phenoxy) is 1. The monoisotopic (exact) mass is 351 g/mol. The SMILES string of the molecule is CCCc1cc(OC)c(O)c(-n2nc3ccc(C(F)(F)F)cc3n2)c1. The maximum atomic E-state index is 12.8. The van der Waals surface area contributed by atoms with E-state index in [1.54, 1.807) is 12.1 Å². The van der Waals surface area contributed by atoms with Crippen LogP contribution in [-0.2, 0) is 12.6 Å². The highest BCUT2D eigenvalue weighted by Gasteiger charge is 2.31. The van der Waals surface area contributed by atoms with Crippen LogP contribution in [0.2, 0.25) is 0 Å². The van der Waals surface area contributed by atoms with E-state index in [0.29, 0.717) is 5.52 Å². The van der Waals surface area contributed by atoms with E-state index in [4.69, 9.17) is 4.74 Å². The molecule has 0 aliphatic carbocycles. The summed E-state index contributed by atoms with van der Waals surface area (Å²) >= 11 is 0. The fourth-order valence-electron chi connectivity index (χ4n) is 2.59. The quantitative estimate of drug-likeness (QED) is 0.769. The molecule has 0 radical (unpaired) electrons. The van der Waals surface area contributed by atoms with Gasteiger partial charge in [-0.05, 0) is 42.3 Å². The molecule has 0 unspecified atom stereocenters. The molecule has 0 atom stereocenters. The van der Waals surface area contributed by atoms with Crippen molar-refractivity contribution < 1.29 is 23.0 Å². The Morgan fingerprint density at radius 3 is 2.48 bits per heavy atom. The molecule has 0 saturated heterocycles. The van der Waals surface area contributed by atoms with Gasteiger partial charge in [0.25, 0.3) is 0 Å². The van der Waals surface area contributed by atoms with Gasteiger partial charge in [-0.25, -0.2) is 0 Å². The Morgan fingerprint density at radius 2 is 1.84 bits per heavy atom. The number of hydrogen-bond donors (Lipinski definition) is 1. The molecule has 25 heavy (non-hydrogen) atoms. The number of phenols is 1. The molecule has 0 aliphatic heterocycles. The molecule has 0 aliphatic rings. The summed E-state index contributed by atoms with van der Waals surface area (Å²) in [4.78, 5) is 1.13. The maximum absolute atomic E-state index is 12.8. The topological polar surface area (TPSA) is 60.2 Å². The second-order valence-electron chi connectivity index (χ2n) is 5.61. The summed E-state index contributed by atoms with van der Waals surface area (Å²) in [6.07, 6.45) is -2.82. The van der Waals surface area contributed by atoms with Crippen LogP contribution < -0.4 is 4.74 Å². The van der Waals surface area contributed by atoms with Crippen molar-refractivity contribution in [2.75, 3.05) is 7.11 Å². The predicted molar refractivity (Wildman–Crippen MR) is 86.1 cm³/mol. The van der Waals surface area contributed by atoms with Crippen LogP contribution >= 0.6 is 0 Å². The van der Waals surface area contributed by atoms with E-state index < -0.39 is 11.7 Å². The molecule has 8 heteroatoms. The lowest BCUT2D eigenvalue weighted by Gasteiger charge is -2.11. The molecule has 0 saturated carbocycles. The average Bonchev–Trinajstić information content (AvgIpc) is 2.98. The third kappa shape index (κ3) is 3.24. The summed E-state index contributed by atoms with van der Waals surface area (Å²) < 4.78 is 43.7. The molecular formula is C17H16F3N3O2. The number of fused-ring (bicyclic) bond motifs is 1. The molecule has 2 aromatic carbocycles. The molecule has 3 rings (SSSR count). The predicted octanol–water partition coefficient (Wildman–Crippen LogP) is 4.11. The number of alkyl halides is 3. The minimum Gasteiger partial charge on any atom is -0.503 e. The summed E-state index contributed by atoms with van der Waals surface area (Å²) in [5.41, 5.74) is 0.756. The number of hydrogen-bond acceptors (Lipinski definition) is 4. The van der Waals surface area contributed by atoms with Crippen LogP contribution in [0.4, 0.5) is 13.2 Å². The van der Waals surface area contributed by atoms with Crippen molar-refractivity contribution >= 4 is 11.0 Å². The van der Waals surface area contributed by atoms with Gasteiger partial charge in [-0.3, -0.25) is 0 Å². The number of nitrogens with zero attached hydrogens (tertiary/aromatic N) is 3. The minimum absolute atomic E-state index is 0.0917. The van der Waals surface area contributed by atoms with E-state index in [1.165, 1.54) is 13.2 Å². The first-order chi connectivity index (χ1) is 11.8. The highest BCUT2D eigenvalue weighted by Crippen LogP contribution is 2.35. The van der Waals surface area contributed by atoms with E-state index in [0.717, 1.165) is 35.3 Å². The van der Waals surface area contributed by atoms with E-state index in [2.05, 4.69) is 10.2 Å². The van der Waals surface area contributed by atoms with Crippen LogP contribution in [0.15, 0.2) is 30.3 Å². The number of rotatable bonds is 4. The van der Waals surface area contributed by atoms with Crippen LogP contribution in [-0.4, -0.2) is 27.2 Å². The van der Waals surface area contributed by atoms with E-state index in [-0.39, 0.29) is 22.7 Å². The zero-order valence-corrected chi connectivity index (χ0v) is 13.6. The molecule has 0 bridgehead atoms. The van der Waals surface area contributed by atoms with Crippen LogP contribution in [0.3, 0.4) is 0 Å². The summed E-state index contributed by atoms with van der Waals surface area (Å²) in [6, 6.07) is 6.56. The average molecular weight is 351 g/mol. The second-order valence-corrected chi connectivity index (χ2v) is 5.61. The van der Waals surface area contributed by atoms with Crippen molar-refractivity contribution in [1.82, 2.24) is 15.0 Å². The first kappa shape index (κ1) is 17.1. The van der Waals surface area contributed by atoms with Crippen molar-refractivity contribution in [3.63, 3.8) is 0 Å². The zero-order valence-electron chi connectivity index (χ0n) is 13.6. The Morgan fingerprint density at radius 1 is 1.12 bits per heavy atom. The van der Waals surface area contributed by atoms with Gasteiger partial charge in [0.05, 0.1) is 12.7 Å². The first-order valence-electron chi connectivity index (χ1n) is 7.68. The van der Waals surface area contributed by atoms with Gasteiger partial charge in [-0.2, -0.15) is 13.2 Å². The second kappa shape index (κ2) is 6.27. The van der Waals surface area contributed by atoms with Gasteiger partial charge in [0.15, 0.2) is 11.5 Å². The van der Waals surface area contributed by atoms with Crippen LogP contribution in [0.5, 0.6) is 11.5 Å². The summed E-state index contributed by atoms with van der Waals surface area (Å²) in [5.74, 6) is 0.0944. The molecule has 0 fully saturated rings. The van der Waals surface area contributed by atoms with Crippen LogP contribution in [0.1, 0.15) is 24.5 Å². The fraction of sp³-hybridized carbons (Fsp3) is 0.294. The Hall–Kier alpha value is -2.77. The fourth-order valence-corrected chi connectivity index (χ4v) is 2.59. The normalized spacial score (nSPS) is 11.9. The Bertz CT molecular complexity index is 919. The minimum atomic E-state index is -4.45. The standard InChI is InChI=1S/C17H16F3N3O2/c1-3-4-10-7-14(16(24)15(8-10)25-2)23-21-12-6-5-11(17(18,19)20)9-13(12)22-23/h5-9,24H,3-4H2,1-2H3. The number of halogens is 3. The molecule has 3 aromatic rings. The van der Waals surface area contributed by atoms with Crippen molar-refractivity contribution in [1.29, 1.82) is 0 Å². The molecule has 5 nitrogen and oxygen atoms in total. The first-order valence-corrected chi connectivity index (χ1v) is 7.68. The van der Waals surface area contributed by atoms with E-state index in [9.17, 15) is 18.3 Å². The molecule has 1 heterocycles. The number of aryl methyl sites for hydroxylation is 1. The molecule has 0 spiro atoms. The van der Waals surface area contributed by atoms with Gasteiger partial charge in [-0.1, -0.05) is 13.3 Å². The van der Waals surface area contributed by atoms with Gasteiger partial charge >= 0.3 is 6.18 Å².